The number of urea groups is 1. The number of nitrogens with one attached hydrogen (secondary N) is 1. The van der Waals surface area contributed by atoms with E-state index in [1.165, 1.54) is 0 Å². The number of amides is 2. The average Bonchev–Trinajstić information content (AvgIpc) is 3.33. The first-order valence-electron chi connectivity index (χ1n) is 9.48. The van der Waals surface area contributed by atoms with Crippen LogP contribution in [0, 0.1) is 6.92 Å². The van der Waals surface area contributed by atoms with Crippen molar-refractivity contribution in [3.63, 3.8) is 0 Å². The molecule has 1 aliphatic rings. The van der Waals surface area contributed by atoms with Crippen LogP contribution in [0.4, 0.5) is 10.5 Å². The number of halogens is 2. The Balaban J connectivity index is 1.55. The Morgan fingerprint density at radius 2 is 1.72 bits per heavy atom. The molecule has 1 aromatic heterocycles. The number of carbonyl (C=O) groups is 1. The largest absolute Gasteiger partial charge is 0.322 e. The smallest absolute Gasteiger partial charge is 0.314 e. The lowest BCUT2D eigenvalue weighted by Gasteiger charge is -2.25. The van der Waals surface area contributed by atoms with Crippen LogP contribution in [0.5, 0.6) is 0 Å². The first-order valence-corrected chi connectivity index (χ1v) is 10.2. The van der Waals surface area contributed by atoms with Crippen molar-refractivity contribution in [1.82, 2.24) is 19.7 Å². The molecule has 0 saturated carbocycles. The Hall–Kier alpha value is -2.57. The van der Waals surface area contributed by atoms with E-state index in [0.717, 1.165) is 30.1 Å². The molecule has 8 heteroatoms. The summed E-state index contributed by atoms with van der Waals surface area (Å²) in [6, 6.07) is 14.6. The van der Waals surface area contributed by atoms with Crippen LogP contribution >= 0.6 is 23.2 Å². The maximum atomic E-state index is 12.9. The van der Waals surface area contributed by atoms with Crippen molar-refractivity contribution in [3.05, 3.63) is 75.8 Å². The summed E-state index contributed by atoms with van der Waals surface area (Å²) >= 11 is 11.9. The highest BCUT2D eigenvalue weighted by Crippen LogP contribution is 2.32. The molecule has 1 atom stereocenters. The van der Waals surface area contributed by atoms with Gasteiger partial charge in [-0.2, -0.15) is 0 Å². The number of likely N-dealkylation sites (tertiary alicyclic amines) is 1. The number of hydrogen-bond acceptors (Lipinski definition) is 3. The van der Waals surface area contributed by atoms with Gasteiger partial charge in [-0.25, -0.2) is 4.79 Å². The fourth-order valence-electron chi connectivity index (χ4n) is 3.62. The number of benzene rings is 2. The molecule has 0 radical (unpaired) electrons. The van der Waals surface area contributed by atoms with E-state index < -0.39 is 0 Å². The molecule has 1 N–H and O–H groups in total. The Morgan fingerprint density at radius 3 is 2.41 bits per heavy atom. The average molecular weight is 430 g/mol. The maximum absolute atomic E-state index is 12.9. The molecule has 150 valence electrons. The molecule has 3 aromatic rings. The van der Waals surface area contributed by atoms with E-state index in [4.69, 9.17) is 23.2 Å². The van der Waals surface area contributed by atoms with Gasteiger partial charge >= 0.3 is 6.03 Å². The Kier molecular flexibility index (Phi) is 5.74. The van der Waals surface area contributed by atoms with Crippen LogP contribution in [0.1, 0.15) is 36.1 Å². The van der Waals surface area contributed by atoms with Gasteiger partial charge in [-0.1, -0.05) is 35.3 Å². The summed E-state index contributed by atoms with van der Waals surface area (Å²) in [6.07, 6.45) is 1.78. The topological polar surface area (TPSA) is 63.1 Å². The maximum Gasteiger partial charge on any atom is 0.322 e. The van der Waals surface area contributed by atoms with Crippen molar-refractivity contribution in [2.45, 2.75) is 32.4 Å². The number of nitrogens with zero attached hydrogens (tertiary/aromatic N) is 4. The second-order valence-electron chi connectivity index (χ2n) is 7.11. The first-order chi connectivity index (χ1) is 14.0. The monoisotopic (exact) mass is 429 g/mol. The van der Waals surface area contributed by atoms with Gasteiger partial charge in [0.25, 0.3) is 0 Å². The predicted molar refractivity (Wildman–Crippen MR) is 114 cm³/mol. The van der Waals surface area contributed by atoms with E-state index in [0.29, 0.717) is 28.8 Å². The molecular formula is C21H21Cl2N5O. The number of aryl methyl sites for hydroxylation is 1. The Morgan fingerprint density at radius 1 is 1.07 bits per heavy atom. The predicted octanol–water partition coefficient (Wildman–Crippen LogP) is 5.31. The van der Waals surface area contributed by atoms with Gasteiger partial charge in [-0.3, -0.25) is 0 Å². The fourth-order valence-corrected chi connectivity index (χ4v) is 3.87. The molecular weight excluding hydrogens is 409 g/mol. The van der Waals surface area contributed by atoms with Crippen molar-refractivity contribution in [3.8, 4) is 0 Å². The van der Waals surface area contributed by atoms with Gasteiger partial charge in [-0.05, 0) is 61.7 Å². The summed E-state index contributed by atoms with van der Waals surface area (Å²) in [5.74, 6) is 1.63. The summed E-state index contributed by atoms with van der Waals surface area (Å²) in [5, 5.41) is 13.0. The molecule has 1 unspecified atom stereocenters. The summed E-state index contributed by atoms with van der Waals surface area (Å²) in [5.41, 5.74) is 1.82. The molecule has 1 aliphatic heterocycles. The van der Waals surface area contributed by atoms with E-state index >= 15 is 0 Å². The van der Waals surface area contributed by atoms with Crippen molar-refractivity contribution in [1.29, 1.82) is 0 Å². The van der Waals surface area contributed by atoms with Crippen molar-refractivity contribution in [2.24, 2.45) is 0 Å². The summed E-state index contributed by atoms with van der Waals surface area (Å²) < 4.78 is 2.07. The van der Waals surface area contributed by atoms with Crippen LogP contribution in [-0.2, 0) is 6.54 Å². The number of anilines is 1. The van der Waals surface area contributed by atoms with E-state index in [2.05, 4.69) is 20.1 Å². The molecule has 0 bridgehead atoms. The van der Waals surface area contributed by atoms with Gasteiger partial charge in [0.1, 0.15) is 5.82 Å². The minimum atomic E-state index is -0.145. The number of carbonyl (C=O) groups excluding carboxylic acids is 1. The minimum absolute atomic E-state index is 0.115. The van der Waals surface area contributed by atoms with Crippen LogP contribution in [0.25, 0.3) is 0 Å². The second kappa shape index (κ2) is 8.43. The Labute approximate surface area is 179 Å². The standard InChI is InChI=1S/C21H21Cl2N5O/c1-14-25-26-20(28(14)13-15-4-6-16(22)7-5-15)19-3-2-12-27(19)21(29)24-18-10-8-17(23)9-11-18/h4-11,19H,2-3,12-13H2,1H3,(H,24,29). The number of hydrogen-bond donors (Lipinski definition) is 1. The van der Waals surface area contributed by atoms with Gasteiger partial charge in [0.15, 0.2) is 5.82 Å². The number of aromatic nitrogens is 3. The highest BCUT2D eigenvalue weighted by molar-refractivity contribution is 6.30. The zero-order valence-corrected chi connectivity index (χ0v) is 17.5. The third-order valence-electron chi connectivity index (χ3n) is 5.13. The summed E-state index contributed by atoms with van der Waals surface area (Å²) in [6.45, 7) is 3.24. The van der Waals surface area contributed by atoms with Crippen LogP contribution in [0.2, 0.25) is 10.0 Å². The van der Waals surface area contributed by atoms with E-state index in [1.807, 2.05) is 36.1 Å². The lowest BCUT2D eigenvalue weighted by atomic mass is 10.2. The molecule has 1 saturated heterocycles. The lowest BCUT2D eigenvalue weighted by Crippen LogP contribution is -2.35. The van der Waals surface area contributed by atoms with Crippen LogP contribution in [0.3, 0.4) is 0 Å². The highest BCUT2D eigenvalue weighted by Gasteiger charge is 2.34. The van der Waals surface area contributed by atoms with Crippen molar-refractivity contribution >= 4 is 34.9 Å². The third kappa shape index (κ3) is 4.38. The Bertz CT molecular complexity index is 1000. The van der Waals surface area contributed by atoms with Gasteiger partial charge in [0.05, 0.1) is 12.6 Å². The first kappa shape index (κ1) is 19.7. The van der Waals surface area contributed by atoms with Crippen molar-refractivity contribution < 1.29 is 4.79 Å². The van der Waals surface area contributed by atoms with Gasteiger partial charge in [0.2, 0.25) is 0 Å². The fraction of sp³-hybridized carbons (Fsp3) is 0.286. The van der Waals surface area contributed by atoms with E-state index in [1.54, 1.807) is 24.3 Å². The molecule has 4 rings (SSSR count). The molecule has 2 aromatic carbocycles. The van der Waals surface area contributed by atoms with E-state index in [-0.39, 0.29) is 12.1 Å². The van der Waals surface area contributed by atoms with Crippen molar-refractivity contribution in [2.75, 3.05) is 11.9 Å². The second-order valence-corrected chi connectivity index (χ2v) is 7.98. The summed E-state index contributed by atoms with van der Waals surface area (Å²) in [7, 11) is 0. The normalized spacial score (nSPS) is 16.2. The van der Waals surface area contributed by atoms with Gasteiger partial charge in [0, 0.05) is 22.3 Å². The number of rotatable bonds is 4. The van der Waals surface area contributed by atoms with Gasteiger partial charge in [-0.15, -0.1) is 10.2 Å². The van der Waals surface area contributed by atoms with Gasteiger partial charge < -0.3 is 14.8 Å². The lowest BCUT2D eigenvalue weighted by molar-refractivity contribution is 0.204. The van der Waals surface area contributed by atoms with Crippen LogP contribution in [-0.4, -0.2) is 32.2 Å². The molecule has 2 heterocycles. The molecule has 0 spiro atoms. The van der Waals surface area contributed by atoms with Crippen LogP contribution in [0.15, 0.2) is 48.5 Å². The summed E-state index contributed by atoms with van der Waals surface area (Å²) in [4.78, 5) is 14.7. The van der Waals surface area contributed by atoms with Crippen LogP contribution < -0.4 is 5.32 Å². The molecule has 1 fully saturated rings. The molecule has 29 heavy (non-hydrogen) atoms. The zero-order valence-electron chi connectivity index (χ0n) is 16.0. The molecule has 0 aliphatic carbocycles. The zero-order chi connectivity index (χ0) is 20.4. The van der Waals surface area contributed by atoms with E-state index in [9.17, 15) is 4.79 Å². The minimum Gasteiger partial charge on any atom is -0.314 e. The third-order valence-corrected chi connectivity index (χ3v) is 5.63. The highest BCUT2D eigenvalue weighted by atomic mass is 35.5. The SMILES string of the molecule is Cc1nnc(C2CCCN2C(=O)Nc2ccc(Cl)cc2)n1Cc1ccc(Cl)cc1. The molecule has 6 nitrogen and oxygen atoms in total. The molecule has 2 amide bonds. The quantitative estimate of drug-likeness (QED) is 0.610.